The molecule has 2 rings (SSSR count). The van der Waals surface area contributed by atoms with Crippen molar-refractivity contribution in [2.75, 3.05) is 0 Å². The van der Waals surface area contributed by atoms with E-state index >= 15 is 0 Å². The van der Waals surface area contributed by atoms with Crippen LogP contribution in [-0.2, 0) is 4.74 Å². The van der Waals surface area contributed by atoms with Crippen molar-refractivity contribution in [3.63, 3.8) is 0 Å². The summed E-state index contributed by atoms with van der Waals surface area (Å²) in [4.78, 5) is 0. The highest BCUT2D eigenvalue weighted by molar-refractivity contribution is 4.87. The average molecular weight is 266 g/mol. The van der Waals surface area contributed by atoms with Crippen LogP contribution < -0.4 is 0 Å². The van der Waals surface area contributed by atoms with Crippen LogP contribution in [0.15, 0.2) is 0 Å². The average Bonchev–Trinajstić information content (AvgIpc) is 2.08. The van der Waals surface area contributed by atoms with Crippen molar-refractivity contribution >= 4 is 0 Å². The van der Waals surface area contributed by atoms with E-state index in [-0.39, 0.29) is 0 Å². The molecular formula is C18H34O. The molecule has 112 valence electrons. The summed E-state index contributed by atoms with van der Waals surface area (Å²) in [7, 11) is 0. The number of hydrogen-bond acceptors (Lipinski definition) is 1. The third-order valence-corrected chi connectivity index (χ3v) is 5.08. The second kappa shape index (κ2) is 5.39. The van der Waals surface area contributed by atoms with Gasteiger partial charge in [0.15, 0.2) is 0 Å². The van der Waals surface area contributed by atoms with Gasteiger partial charge in [0.05, 0.1) is 12.2 Å². The van der Waals surface area contributed by atoms with Gasteiger partial charge in [-0.3, -0.25) is 0 Å². The molecule has 0 N–H and O–H groups in total. The highest BCUT2D eigenvalue weighted by Gasteiger charge is 2.37. The molecule has 0 bridgehead atoms. The molecule has 1 nitrogen and oxygen atoms in total. The first-order valence-corrected chi connectivity index (χ1v) is 8.31. The highest BCUT2D eigenvalue weighted by atomic mass is 16.5. The minimum Gasteiger partial charge on any atom is -0.375 e. The lowest BCUT2D eigenvalue weighted by Crippen LogP contribution is -2.39. The molecule has 0 radical (unpaired) electrons. The van der Waals surface area contributed by atoms with E-state index in [0.717, 1.165) is 11.8 Å². The van der Waals surface area contributed by atoms with E-state index in [1.807, 2.05) is 0 Å². The van der Waals surface area contributed by atoms with Gasteiger partial charge in [-0.25, -0.2) is 0 Å². The lowest BCUT2D eigenvalue weighted by Gasteiger charge is -2.44. The third kappa shape index (κ3) is 4.48. The van der Waals surface area contributed by atoms with Gasteiger partial charge in [-0.15, -0.1) is 0 Å². The lowest BCUT2D eigenvalue weighted by atomic mass is 9.70. The first-order chi connectivity index (χ1) is 8.65. The normalized spacial score (nSPS) is 42.0. The van der Waals surface area contributed by atoms with Gasteiger partial charge >= 0.3 is 0 Å². The Labute approximate surface area is 120 Å². The maximum atomic E-state index is 6.54. The van der Waals surface area contributed by atoms with Crippen LogP contribution >= 0.6 is 0 Å². The number of rotatable bonds is 2. The molecule has 2 saturated carbocycles. The topological polar surface area (TPSA) is 9.23 Å². The van der Waals surface area contributed by atoms with Crippen molar-refractivity contribution in [1.29, 1.82) is 0 Å². The maximum Gasteiger partial charge on any atom is 0.0586 e. The monoisotopic (exact) mass is 266 g/mol. The van der Waals surface area contributed by atoms with E-state index in [1.54, 1.807) is 0 Å². The minimum atomic E-state index is 0.470. The summed E-state index contributed by atoms with van der Waals surface area (Å²) in [6, 6.07) is 0. The molecule has 0 aromatic rings. The zero-order chi connectivity index (χ0) is 14.3. The molecule has 1 heteroatoms. The van der Waals surface area contributed by atoms with Crippen LogP contribution in [0, 0.1) is 22.7 Å². The molecule has 19 heavy (non-hydrogen) atoms. The van der Waals surface area contributed by atoms with Gasteiger partial charge < -0.3 is 4.74 Å². The van der Waals surface area contributed by atoms with Crippen molar-refractivity contribution < 1.29 is 4.74 Å². The van der Waals surface area contributed by atoms with Crippen LogP contribution in [0.4, 0.5) is 0 Å². The van der Waals surface area contributed by atoms with Gasteiger partial charge in [-0.05, 0) is 61.2 Å². The standard InChI is InChI=1S/C18H34O/c1-13-7-15(11-17(3,4)9-13)19-16-8-14(2)10-18(5,6)12-16/h13-16H,7-12H2,1-6H3. The second-order valence-corrected chi connectivity index (χ2v) is 9.21. The summed E-state index contributed by atoms with van der Waals surface area (Å²) in [5.41, 5.74) is 0.941. The van der Waals surface area contributed by atoms with E-state index in [0.29, 0.717) is 23.0 Å². The van der Waals surface area contributed by atoms with Gasteiger partial charge in [0, 0.05) is 0 Å². The predicted molar refractivity (Wildman–Crippen MR) is 82.3 cm³/mol. The summed E-state index contributed by atoms with van der Waals surface area (Å²) >= 11 is 0. The van der Waals surface area contributed by atoms with Crippen molar-refractivity contribution in [3.05, 3.63) is 0 Å². The Balaban J connectivity index is 1.93. The van der Waals surface area contributed by atoms with Crippen LogP contribution in [0.3, 0.4) is 0 Å². The van der Waals surface area contributed by atoms with E-state index in [9.17, 15) is 0 Å². The fourth-order valence-corrected chi connectivity index (χ4v) is 5.00. The predicted octanol–water partition coefficient (Wildman–Crippen LogP) is 5.43. The summed E-state index contributed by atoms with van der Waals surface area (Å²) in [5.74, 6) is 1.64. The molecule has 0 spiro atoms. The number of hydrogen-bond donors (Lipinski definition) is 0. The minimum absolute atomic E-state index is 0.470. The third-order valence-electron chi connectivity index (χ3n) is 5.08. The highest BCUT2D eigenvalue weighted by Crippen LogP contribution is 2.44. The molecule has 0 aromatic carbocycles. The quantitative estimate of drug-likeness (QED) is 0.647. The Morgan fingerprint density at radius 1 is 0.684 bits per heavy atom. The molecular weight excluding hydrogens is 232 g/mol. The van der Waals surface area contributed by atoms with Gasteiger partial charge in [0.2, 0.25) is 0 Å². The maximum absolute atomic E-state index is 6.54. The molecule has 2 fully saturated rings. The molecule has 0 saturated heterocycles. The molecule has 2 aliphatic rings. The summed E-state index contributed by atoms with van der Waals surface area (Å²) in [6.07, 6.45) is 8.78. The molecule has 2 aliphatic carbocycles. The summed E-state index contributed by atoms with van der Waals surface area (Å²) < 4.78 is 6.54. The van der Waals surface area contributed by atoms with Crippen molar-refractivity contribution in [2.24, 2.45) is 22.7 Å². The molecule has 4 unspecified atom stereocenters. The first-order valence-electron chi connectivity index (χ1n) is 8.31. The van der Waals surface area contributed by atoms with Gasteiger partial charge in [-0.2, -0.15) is 0 Å². The Kier molecular flexibility index (Phi) is 4.35. The summed E-state index contributed by atoms with van der Waals surface area (Å²) in [5, 5.41) is 0. The van der Waals surface area contributed by atoms with Gasteiger partial charge in [-0.1, -0.05) is 41.5 Å². The van der Waals surface area contributed by atoms with E-state index < -0.39 is 0 Å². The largest absolute Gasteiger partial charge is 0.375 e. The summed E-state index contributed by atoms with van der Waals surface area (Å²) in [6.45, 7) is 14.4. The first kappa shape index (κ1) is 15.4. The van der Waals surface area contributed by atoms with Crippen molar-refractivity contribution in [1.82, 2.24) is 0 Å². The van der Waals surface area contributed by atoms with Crippen LogP contribution in [0.5, 0.6) is 0 Å². The Bertz CT molecular complexity index is 275. The molecule has 0 amide bonds. The lowest BCUT2D eigenvalue weighted by molar-refractivity contribution is -0.0992. The van der Waals surface area contributed by atoms with Gasteiger partial charge in [0.25, 0.3) is 0 Å². The Morgan fingerprint density at radius 3 is 1.37 bits per heavy atom. The van der Waals surface area contributed by atoms with Crippen molar-refractivity contribution in [3.8, 4) is 0 Å². The molecule has 0 aromatic heterocycles. The molecule has 0 heterocycles. The van der Waals surface area contributed by atoms with E-state index in [1.165, 1.54) is 38.5 Å². The van der Waals surface area contributed by atoms with Crippen LogP contribution in [-0.4, -0.2) is 12.2 Å². The zero-order valence-electron chi connectivity index (χ0n) is 14.0. The van der Waals surface area contributed by atoms with E-state index in [4.69, 9.17) is 4.74 Å². The molecule has 4 atom stereocenters. The van der Waals surface area contributed by atoms with Crippen LogP contribution in [0.25, 0.3) is 0 Å². The fourth-order valence-electron chi connectivity index (χ4n) is 5.00. The fraction of sp³-hybridized carbons (Fsp3) is 1.00. The van der Waals surface area contributed by atoms with Crippen LogP contribution in [0.1, 0.15) is 80.1 Å². The van der Waals surface area contributed by atoms with Crippen molar-refractivity contribution in [2.45, 2.75) is 92.3 Å². The van der Waals surface area contributed by atoms with Crippen LogP contribution in [0.2, 0.25) is 0 Å². The zero-order valence-corrected chi connectivity index (χ0v) is 14.0. The van der Waals surface area contributed by atoms with E-state index in [2.05, 4.69) is 41.5 Å². The number of ether oxygens (including phenoxy) is 1. The Morgan fingerprint density at radius 2 is 1.05 bits per heavy atom. The SMILES string of the molecule is CC1CC(OC2CC(C)CC(C)(C)C2)CC(C)(C)C1. The molecule has 0 aliphatic heterocycles. The smallest absolute Gasteiger partial charge is 0.0586 e. The Hall–Kier alpha value is -0.0400. The van der Waals surface area contributed by atoms with Gasteiger partial charge in [0.1, 0.15) is 0 Å². The second-order valence-electron chi connectivity index (χ2n) is 9.21.